The Labute approximate surface area is 159 Å². The molecule has 1 heterocycles. The van der Waals surface area contributed by atoms with Gasteiger partial charge in [-0.3, -0.25) is 9.78 Å². The highest BCUT2D eigenvalue weighted by Crippen LogP contribution is 2.24. The van der Waals surface area contributed by atoms with E-state index in [1.54, 1.807) is 30.1 Å². The van der Waals surface area contributed by atoms with Gasteiger partial charge < -0.3 is 10.1 Å². The molecule has 1 aromatic heterocycles. The number of anilines is 1. The third kappa shape index (κ3) is 5.79. The summed E-state index contributed by atoms with van der Waals surface area (Å²) in [5.74, 6) is -1.36. The predicted octanol–water partition coefficient (Wildman–Crippen LogP) is 4.67. The summed E-state index contributed by atoms with van der Waals surface area (Å²) in [6, 6.07) is 14.2. The van der Waals surface area contributed by atoms with Gasteiger partial charge in [0.2, 0.25) is 0 Å². The van der Waals surface area contributed by atoms with Gasteiger partial charge in [0.15, 0.2) is 18.2 Å². The van der Waals surface area contributed by atoms with E-state index in [9.17, 15) is 13.6 Å². The Morgan fingerprint density at radius 2 is 1.93 bits per heavy atom. The van der Waals surface area contributed by atoms with Crippen LogP contribution in [-0.2, 0) is 10.5 Å². The number of halogens is 2. The Kier molecular flexibility index (Phi) is 6.38. The van der Waals surface area contributed by atoms with Crippen LogP contribution in [0, 0.1) is 11.6 Å². The van der Waals surface area contributed by atoms with Crippen molar-refractivity contribution in [3.63, 3.8) is 0 Å². The molecule has 27 heavy (non-hydrogen) atoms. The zero-order chi connectivity index (χ0) is 19.1. The van der Waals surface area contributed by atoms with Gasteiger partial charge in [-0.1, -0.05) is 6.07 Å². The molecule has 0 bridgehead atoms. The highest BCUT2D eigenvalue weighted by atomic mass is 32.2. The Hall–Kier alpha value is -2.93. The van der Waals surface area contributed by atoms with Gasteiger partial charge in [0, 0.05) is 34.8 Å². The number of rotatable bonds is 7. The molecule has 1 N–H and O–H groups in total. The molecule has 2 aromatic carbocycles. The first-order valence-electron chi connectivity index (χ1n) is 8.09. The molecular formula is C20H16F2N2O2S. The Balaban J connectivity index is 1.48. The van der Waals surface area contributed by atoms with Gasteiger partial charge in [-0.25, -0.2) is 8.78 Å². The van der Waals surface area contributed by atoms with Crippen molar-refractivity contribution in [2.45, 2.75) is 10.6 Å². The van der Waals surface area contributed by atoms with Gasteiger partial charge in [-0.15, -0.1) is 11.8 Å². The van der Waals surface area contributed by atoms with Crippen LogP contribution in [0.1, 0.15) is 5.56 Å². The third-order valence-electron chi connectivity index (χ3n) is 3.52. The molecule has 7 heteroatoms. The molecule has 0 aliphatic carbocycles. The van der Waals surface area contributed by atoms with Gasteiger partial charge in [0.05, 0.1) is 0 Å². The van der Waals surface area contributed by atoms with Gasteiger partial charge in [0.1, 0.15) is 5.82 Å². The topological polar surface area (TPSA) is 51.2 Å². The molecule has 1 amide bonds. The molecule has 0 aliphatic rings. The first-order chi connectivity index (χ1) is 13.1. The average Bonchev–Trinajstić information content (AvgIpc) is 2.67. The van der Waals surface area contributed by atoms with Crippen LogP contribution in [0.15, 0.2) is 71.9 Å². The smallest absolute Gasteiger partial charge is 0.262 e. The number of hydrogen-bond acceptors (Lipinski definition) is 4. The maximum Gasteiger partial charge on any atom is 0.262 e. The van der Waals surface area contributed by atoms with E-state index in [-0.39, 0.29) is 12.4 Å². The van der Waals surface area contributed by atoms with Crippen LogP contribution in [0.25, 0.3) is 0 Å². The molecule has 0 radical (unpaired) electrons. The second kappa shape index (κ2) is 9.14. The number of hydrogen-bond donors (Lipinski definition) is 1. The standard InChI is InChI=1S/C20H16F2N2O2S/c21-15-3-8-19(18(22)10-15)26-12-20(25)24-16-4-6-17(7-5-16)27-13-14-2-1-9-23-11-14/h1-11H,12-13H2,(H,24,25). The van der Waals surface area contributed by atoms with E-state index in [2.05, 4.69) is 10.3 Å². The van der Waals surface area contributed by atoms with E-state index in [0.717, 1.165) is 28.3 Å². The number of aromatic nitrogens is 1. The second-order valence-corrected chi connectivity index (χ2v) is 6.63. The quantitative estimate of drug-likeness (QED) is 0.600. The minimum absolute atomic E-state index is 0.173. The highest BCUT2D eigenvalue weighted by molar-refractivity contribution is 7.98. The third-order valence-corrected chi connectivity index (χ3v) is 4.60. The summed E-state index contributed by atoms with van der Waals surface area (Å²) >= 11 is 1.66. The molecule has 3 rings (SSSR count). The van der Waals surface area contributed by atoms with Crippen LogP contribution in [0.5, 0.6) is 5.75 Å². The lowest BCUT2D eigenvalue weighted by Crippen LogP contribution is -2.20. The first kappa shape index (κ1) is 18.8. The van der Waals surface area contributed by atoms with Crippen LogP contribution in [-0.4, -0.2) is 17.5 Å². The number of ether oxygens (including phenoxy) is 1. The summed E-state index contributed by atoms with van der Waals surface area (Å²) in [5, 5.41) is 2.66. The van der Waals surface area contributed by atoms with Crippen LogP contribution in [0.2, 0.25) is 0 Å². The highest BCUT2D eigenvalue weighted by Gasteiger charge is 2.08. The van der Waals surface area contributed by atoms with E-state index in [1.165, 1.54) is 0 Å². The van der Waals surface area contributed by atoms with Gasteiger partial charge in [0.25, 0.3) is 5.91 Å². The summed E-state index contributed by atoms with van der Waals surface area (Å²) in [6.07, 6.45) is 3.56. The zero-order valence-electron chi connectivity index (χ0n) is 14.2. The Morgan fingerprint density at radius 1 is 1.11 bits per heavy atom. The molecular weight excluding hydrogens is 370 g/mol. The van der Waals surface area contributed by atoms with Crippen LogP contribution >= 0.6 is 11.8 Å². The fourth-order valence-electron chi connectivity index (χ4n) is 2.22. The minimum Gasteiger partial charge on any atom is -0.481 e. The minimum atomic E-state index is -0.849. The van der Waals surface area contributed by atoms with E-state index in [4.69, 9.17) is 4.74 Å². The van der Waals surface area contributed by atoms with Crippen LogP contribution < -0.4 is 10.1 Å². The van der Waals surface area contributed by atoms with Crippen molar-refractivity contribution in [1.82, 2.24) is 4.98 Å². The van der Waals surface area contributed by atoms with Gasteiger partial charge in [-0.2, -0.15) is 0 Å². The summed E-state index contributed by atoms with van der Waals surface area (Å²) in [6.45, 7) is -0.375. The molecule has 0 spiro atoms. The maximum atomic E-state index is 13.5. The van der Waals surface area contributed by atoms with E-state index in [1.807, 2.05) is 30.5 Å². The fraction of sp³-hybridized carbons (Fsp3) is 0.100. The van der Waals surface area contributed by atoms with Gasteiger partial charge in [-0.05, 0) is 48.0 Å². The summed E-state index contributed by atoms with van der Waals surface area (Å²) in [4.78, 5) is 17.0. The van der Waals surface area contributed by atoms with Crippen molar-refractivity contribution in [2.24, 2.45) is 0 Å². The molecule has 138 valence electrons. The van der Waals surface area contributed by atoms with E-state index in [0.29, 0.717) is 11.8 Å². The Bertz CT molecular complexity index is 906. The zero-order valence-corrected chi connectivity index (χ0v) is 15.0. The Morgan fingerprint density at radius 3 is 2.63 bits per heavy atom. The SMILES string of the molecule is O=C(COc1ccc(F)cc1F)Nc1ccc(SCc2cccnc2)cc1. The normalized spacial score (nSPS) is 10.4. The largest absolute Gasteiger partial charge is 0.481 e. The average molecular weight is 386 g/mol. The molecule has 0 unspecified atom stereocenters. The molecule has 0 aliphatic heterocycles. The predicted molar refractivity (Wildman–Crippen MR) is 101 cm³/mol. The van der Waals surface area contributed by atoms with Crippen molar-refractivity contribution in [2.75, 3.05) is 11.9 Å². The van der Waals surface area contributed by atoms with Crippen LogP contribution in [0.4, 0.5) is 14.5 Å². The van der Waals surface area contributed by atoms with Crippen molar-refractivity contribution < 1.29 is 18.3 Å². The fourth-order valence-corrected chi connectivity index (χ4v) is 3.05. The lowest BCUT2D eigenvalue weighted by molar-refractivity contribution is -0.118. The lowest BCUT2D eigenvalue weighted by atomic mass is 10.3. The lowest BCUT2D eigenvalue weighted by Gasteiger charge is -2.09. The summed E-state index contributed by atoms with van der Waals surface area (Å²) in [5.41, 5.74) is 1.74. The molecule has 3 aromatic rings. The number of pyridine rings is 1. The van der Waals surface area contributed by atoms with E-state index >= 15 is 0 Å². The molecule has 0 saturated heterocycles. The number of amides is 1. The monoisotopic (exact) mass is 386 g/mol. The molecule has 0 atom stereocenters. The van der Waals surface area contributed by atoms with E-state index < -0.39 is 17.5 Å². The number of carbonyl (C=O) groups excluding carboxylic acids is 1. The summed E-state index contributed by atoms with van der Waals surface area (Å²) in [7, 11) is 0. The molecule has 4 nitrogen and oxygen atoms in total. The number of nitrogens with one attached hydrogen (secondary N) is 1. The summed E-state index contributed by atoms with van der Waals surface area (Å²) < 4.78 is 31.4. The number of nitrogens with zero attached hydrogens (tertiary/aromatic N) is 1. The number of carbonyl (C=O) groups is 1. The number of benzene rings is 2. The van der Waals surface area contributed by atoms with Crippen molar-refractivity contribution in [3.8, 4) is 5.75 Å². The molecule has 0 fully saturated rings. The van der Waals surface area contributed by atoms with Crippen molar-refractivity contribution in [1.29, 1.82) is 0 Å². The van der Waals surface area contributed by atoms with Crippen molar-refractivity contribution >= 4 is 23.4 Å². The van der Waals surface area contributed by atoms with Crippen molar-refractivity contribution in [3.05, 3.63) is 84.2 Å². The molecule has 0 saturated carbocycles. The maximum absolute atomic E-state index is 13.5. The van der Waals surface area contributed by atoms with Gasteiger partial charge >= 0.3 is 0 Å². The number of thioether (sulfide) groups is 1. The van der Waals surface area contributed by atoms with Crippen LogP contribution in [0.3, 0.4) is 0 Å². The second-order valence-electron chi connectivity index (χ2n) is 5.59. The first-order valence-corrected chi connectivity index (χ1v) is 9.08.